The zero-order valence-electron chi connectivity index (χ0n) is 8.20. The van der Waals surface area contributed by atoms with Crippen LogP contribution >= 0.6 is 0 Å². The number of esters is 1. The van der Waals surface area contributed by atoms with Crippen molar-refractivity contribution in [3.05, 3.63) is 23.4 Å². The SMILES string of the molecule is CCOC(=O)c1cnc(NN)c(C)c1. The Kier molecular flexibility index (Phi) is 3.41. The Balaban J connectivity index is 2.91. The van der Waals surface area contributed by atoms with E-state index in [9.17, 15) is 4.79 Å². The first-order chi connectivity index (χ1) is 6.69. The van der Waals surface area contributed by atoms with Crippen LogP contribution in [0, 0.1) is 6.92 Å². The second kappa shape index (κ2) is 4.57. The number of nitrogen functional groups attached to an aromatic ring is 1. The highest BCUT2D eigenvalue weighted by atomic mass is 16.5. The molecule has 0 aliphatic rings. The molecule has 0 aliphatic carbocycles. The van der Waals surface area contributed by atoms with Crippen LogP contribution in [0.25, 0.3) is 0 Å². The van der Waals surface area contributed by atoms with Gasteiger partial charge >= 0.3 is 5.97 Å². The summed E-state index contributed by atoms with van der Waals surface area (Å²) in [6.45, 7) is 3.92. The van der Waals surface area contributed by atoms with Gasteiger partial charge in [-0.25, -0.2) is 15.6 Å². The smallest absolute Gasteiger partial charge is 0.339 e. The molecule has 1 heterocycles. The normalized spacial score (nSPS) is 9.64. The van der Waals surface area contributed by atoms with Gasteiger partial charge in [-0.3, -0.25) is 0 Å². The Morgan fingerprint density at radius 3 is 2.93 bits per heavy atom. The van der Waals surface area contributed by atoms with Crippen LogP contribution in [0.15, 0.2) is 12.3 Å². The summed E-state index contributed by atoms with van der Waals surface area (Å²) >= 11 is 0. The standard InChI is InChI=1S/C9H13N3O2/c1-3-14-9(13)7-4-6(2)8(12-10)11-5-7/h4-5H,3,10H2,1-2H3,(H,11,12). The summed E-state index contributed by atoms with van der Waals surface area (Å²) < 4.78 is 4.83. The number of hydrogen-bond acceptors (Lipinski definition) is 5. The van der Waals surface area contributed by atoms with Crippen LogP contribution in [0.5, 0.6) is 0 Å². The maximum absolute atomic E-state index is 11.3. The third kappa shape index (κ3) is 2.20. The minimum absolute atomic E-state index is 0.356. The van der Waals surface area contributed by atoms with Gasteiger partial charge in [0.25, 0.3) is 0 Å². The molecular formula is C9H13N3O2. The molecule has 0 aliphatic heterocycles. The molecule has 0 radical (unpaired) electrons. The summed E-state index contributed by atoms with van der Waals surface area (Å²) in [5.74, 6) is 5.39. The highest BCUT2D eigenvalue weighted by Crippen LogP contribution is 2.11. The van der Waals surface area contributed by atoms with E-state index in [4.69, 9.17) is 10.6 Å². The van der Waals surface area contributed by atoms with Gasteiger partial charge in [0.15, 0.2) is 0 Å². The monoisotopic (exact) mass is 195 g/mol. The van der Waals surface area contributed by atoms with E-state index in [0.717, 1.165) is 5.56 Å². The lowest BCUT2D eigenvalue weighted by Crippen LogP contribution is -2.12. The molecule has 0 fully saturated rings. The van der Waals surface area contributed by atoms with Gasteiger partial charge < -0.3 is 10.2 Å². The van der Waals surface area contributed by atoms with E-state index in [2.05, 4.69) is 10.4 Å². The molecule has 0 bridgehead atoms. The van der Waals surface area contributed by atoms with E-state index in [-0.39, 0.29) is 5.97 Å². The predicted octanol–water partition coefficient (Wildman–Crippen LogP) is 0.852. The summed E-state index contributed by atoms with van der Waals surface area (Å²) in [6.07, 6.45) is 1.43. The Bertz CT molecular complexity index is 339. The van der Waals surface area contributed by atoms with Crippen LogP contribution in [-0.4, -0.2) is 17.6 Å². The van der Waals surface area contributed by atoms with E-state index < -0.39 is 0 Å². The summed E-state index contributed by atoms with van der Waals surface area (Å²) in [6, 6.07) is 1.68. The Hall–Kier alpha value is -1.62. The summed E-state index contributed by atoms with van der Waals surface area (Å²) in [5, 5.41) is 0. The molecule has 5 heteroatoms. The van der Waals surface area contributed by atoms with E-state index >= 15 is 0 Å². The number of aryl methyl sites for hydroxylation is 1. The fourth-order valence-electron chi connectivity index (χ4n) is 1.05. The average Bonchev–Trinajstić information content (AvgIpc) is 2.18. The average molecular weight is 195 g/mol. The van der Waals surface area contributed by atoms with Crippen molar-refractivity contribution in [2.45, 2.75) is 13.8 Å². The first kappa shape index (κ1) is 10.5. The molecule has 1 rings (SSSR count). The molecule has 0 saturated heterocycles. The number of nitrogens with two attached hydrogens (primary N) is 1. The summed E-state index contributed by atoms with van der Waals surface area (Å²) in [7, 11) is 0. The number of ether oxygens (including phenoxy) is 1. The van der Waals surface area contributed by atoms with Gasteiger partial charge in [0.1, 0.15) is 5.82 Å². The van der Waals surface area contributed by atoms with Crippen LogP contribution in [0.1, 0.15) is 22.8 Å². The maximum Gasteiger partial charge on any atom is 0.339 e. The molecule has 0 saturated carbocycles. The van der Waals surface area contributed by atoms with Gasteiger partial charge in [0.05, 0.1) is 12.2 Å². The van der Waals surface area contributed by atoms with Gasteiger partial charge in [-0.2, -0.15) is 0 Å². The molecule has 0 atom stereocenters. The molecule has 0 amide bonds. The highest BCUT2D eigenvalue weighted by molar-refractivity contribution is 5.89. The first-order valence-electron chi connectivity index (χ1n) is 4.29. The third-order valence-electron chi connectivity index (χ3n) is 1.73. The lowest BCUT2D eigenvalue weighted by molar-refractivity contribution is 0.0526. The van der Waals surface area contributed by atoms with Gasteiger partial charge in [-0.15, -0.1) is 0 Å². The first-order valence-corrected chi connectivity index (χ1v) is 4.29. The van der Waals surface area contributed by atoms with Crippen LogP contribution in [0.2, 0.25) is 0 Å². The molecule has 0 unspecified atom stereocenters. The molecule has 0 aromatic carbocycles. The molecule has 14 heavy (non-hydrogen) atoms. The number of carbonyl (C=O) groups excluding carboxylic acids is 1. The minimum Gasteiger partial charge on any atom is -0.462 e. The van der Waals surface area contributed by atoms with Gasteiger partial charge in [0.2, 0.25) is 0 Å². The topological polar surface area (TPSA) is 77.2 Å². The second-order valence-corrected chi connectivity index (χ2v) is 2.75. The van der Waals surface area contributed by atoms with Crippen molar-refractivity contribution in [2.24, 2.45) is 5.84 Å². The van der Waals surface area contributed by atoms with Gasteiger partial charge in [0, 0.05) is 6.20 Å². The van der Waals surface area contributed by atoms with Crippen molar-refractivity contribution in [3.63, 3.8) is 0 Å². The fraction of sp³-hybridized carbons (Fsp3) is 0.333. The maximum atomic E-state index is 11.3. The summed E-state index contributed by atoms with van der Waals surface area (Å²) in [5.41, 5.74) is 3.67. The van der Waals surface area contributed by atoms with Gasteiger partial charge in [-0.05, 0) is 25.5 Å². The van der Waals surface area contributed by atoms with Crippen molar-refractivity contribution in [1.82, 2.24) is 4.98 Å². The molecule has 5 nitrogen and oxygen atoms in total. The minimum atomic E-state index is -0.369. The van der Waals surface area contributed by atoms with E-state index in [1.807, 2.05) is 6.92 Å². The van der Waals surface area contributed by atoms with Crippen molar-refractivity contribution < 1.29 is 9.53 Å². The van der Waals surface area contributed by atoms with Crippen LogP contribution < -0.4 is 11.3 Å². The number of hydrogen-bond donors (Lipinski definition) is 2. The molecule has 76 valence electrons. The number of rotatable bonds is 3. The number of pyridine rings is 1. The molecule has 3 N–H and O–H groups in total. The van der Waals surface area contributed by atoms with E-state index in [1.54, 1.807) is 13.0 Å². The number of aromatic nitrogens is 1. The molecule has 0 spiro atoms. The Morgan fingerprint density at radius 2 is 2.43 bits per heavy atom. The van der Waals surface area contributed by atoms with Crippen molar-refractivity contribution in [3.8, 4) is 0 Å². The van der Waals surface area contributed by atoms with Crippen molar-refractivity contribution >= 4 is 11.8 Å². The van der Waals surface area contributed by atoms with Crippen molar-refractivity contribution in [1.29, 1.82) is 0 Å². The quantitative estimate of drug-likeness (QED) is 0.425. The zero-order valence-corrected chi connectivity index (χ0v) is 8.20. The van der Waals surface area contributed by atoms with E-state index in [0.29, 0.717) is 18.0 Å². The van der Waals surface area contributed by atoms with Crippen LogP contribution in [0.4, 0.5) is 5.82 Å². The van der Waals surface area contributed by atoms with Crippen LogP contribution in [-0.2, 0) is 4.74 Å². The van der Waals surface area contributed by atoms with E-state index in [1.165, 1.54) is 6.20 Å². The number of hydrazine groups is 1. The van der Waals surface area contributed by atoms with Gasteiger partial charge in [-0.1, -0.05) is 0 Å². The number of nitrogens with one attached hydrogen (secondary N) is 1. The predicted molar refractivity (Wildman–Crippen MR) is 52.7 cm³/mol. The molecule has 1 aromatic rings. The number of carbonyl (C=O) groups is 1. The highest BCUT2D eigenvalue weighted by Gasteiger charge is 2.08. The second-order valence-electron chi connectivity index (χ2n) is 2.75. The Labute approximate surface area is 82.2 Å². The lowest BCUT2D eigenvalue weighted by atomic mass is 10.2. The van der Waals surface area contributed by atoms with Crippen LogP contribution in [0.3, 0.4) is 0 Å². The fourth-order valence-corrected chi connectivity index (χ4v) is 1.05. The largest absolute Gasteiger partial charge is 0.462 e. The third-order valence-corrected chi connectivity index (χ3v) is 1.73. The lowest BCUT2D eigenvalue weighted by Gasteiger charge is -2.05. The number of anilines is 1. The number of nitrogens with zero attached hydrogens (tertiary/aromatic N) is 1. The molecule has 1 aromatic heterocycles. The summed E-state index contributed by atoms with van der Waals surface area (Å²) in [4.78, 5) is 15.2. The zero-order chi connectivity index (χ0) is 10.6. The Morgan fingerprint density at radius 1 is 1.71 bits per heavy atom. The molecular weight excluding hydrogens is 182 g/mol. The van der Waals surface area contributed by atoms with Crippen molar-refractivity contribution in [2.75, 3.05) is 12.0 Å².